The summed E-state index contributed by atoms with van der Waals surface area (Å²) in [6.07, 6.45) is 3.29. The minimum Gasteiger partial charge on any atom is -0.368 e. The lowest BCUT2D eigenvalue weighted by Crippen LogP contribution is -2.48. The third kappa shape index (κ3) is 7.43. The highest BCUT2D eigenvalue weighted by atomic mass is 32.2. The van der Waals surface area contributed by atoms with E-state index < -0.39 is 25.1 Å². The Hall–Kier alpha value is -2.65. The van der Waals surface area contributed by atoms with Gasteiger partial charge in [0.1, 0.15) is 4.90 Å². The van der Waals surface area contributed by atoms with E-state index in [0.717, 1.165) is 18.0 Å². The van der Waals surface area contributed by atoms with Gasteiger partial charge >= 0.3 is 0 Å². The molecule has 0 N–H and O–H groups in total. The summed E-state index contributed by atoms with van der Waals surface area (Å²) in [4.78, 5) is 18.7. The number of benzene rings is 1. The van der Waals surface area contributed by atoms with Crippen molar-refractivity contribution in [3.63, 3.8) is 0 Å². The molecule has 0 amide bonds. The summed E-state index contributed by atoms with van der Waals surface area (Å²) in [6.45, 7) is 4.24. The highest BCUT2D eigenvalue weighted by molar-refractivity contribution is 7.89. The topological polar surface area (TPSA) is 143 Å². The number of non-ortho nitro benzene ring substituents is 1. The summed E-state index contributed by atoms with van der Waals surface area (Å²) in [5, 5.41) is 11.4. The molecule has 0 spiro atoms. The maximum absolute atomic E-state index is 13.7. The van der Waals surface area contributed by atoms with Crippen LogP contribution in [-0.2, 0) is 30.9 Å². The van der Waals surface area contributed by atoms with Gasteiger partial charge < -0.3 is 4.90 Å². The SMILES string of the molecule is CCCN(CCOS(C)(=O)=O)c1ccc([N+](=O)[O-])cc1S(=O)(=O)N1CCN(Cc2ccccn2)CC1. The molecule has 12 nitrogen and oxygen atoms in total. The van der Waals surface area contributed by atoms with Crippen LogP contribution in [0.3, 0.4) is 0 Å². The fourth-order valence-corrected chi connectivity index (χ4v) is 6.02. The number of hydrogen-bond donors (Lipinski definition) is 0. The molecule has 36 heavy (non-hydrogen) atoms. The monoisotopic (exact) mass is 541 g/mol. The molecule has 0 aliphatic carbocycles. The molecular formula is C22H31N5O7S2. The Labute approximate surface area is 211 Å². The number of pyridine rings is 1. The minimum absolute atomic E-state index is 0.0963. The van der Waals surface area contributed by atoms with Crippen molar-refractivity contribution in [1.82, 2.24) is 14.2 Å². The molecule has 2 aromatic rings. The molecule has 3 rings (SSSR count). The first-order chi connectivity index (χ1) is 17.0. The van der Waals surface area contributed by atoms with Crippen LogP contribution in [0.15, 0.2) is 47.5 Å². The van der Waals surface area contributed by atoms with Gasteiger partial charge in [-0.1, -0.05) is 13.0 Å². The van der Waals surface area contributed by atoms with Crippen molar-refractivity contribution in [3.8, 4) is 0 Å². The number of rotatable bonds is 12. The Morgan fingerprint density at radius 1 is 1.08 bits per heavy atom. The molecule has 1 fully saturated rings. The smallest absolute Gasteiger partial charge is 0.270 e. The standard InChI is InChI=1S/C22H31N5O7S2/c1-3-10-25(15-16-34-35(2,30)31)21-8-7-20(27(28)29)17-22(21)36(32,33)26-13-11-24(12-14-26)18-19-6-4-5-9-23-19/h4-9,17H,3,10-16,18H2,1-2H3. The van der Waals surface area contributed by atoms with Crippen molar-refractivity contribution in [2.45, 2.75) is 24.8 Å². The maximum atomic E-state index is 13.7. The number of piperazine rings is 1. The van der Waals surface area contributed by atoms with Crippen molar-refractivity contribution < 1.29 is 25.9 Å². The van der Waals surface area contributed by atoms with Gasteiger partial charge in [0.05, 0.1) is 29.2 Å². The number of aromatic nitrogens is 1. The highest BCUT2D eigenvalue weighted by Gasteiger charge is 2.33. The van der Waals surface area contributed by atoms with E-state index in [2.05, 4.69) is 9.88 Å². The van der Waals surface area contributed by atoms with E-state index in [1.807, 2.05) is 25.1 Å². The molecule has 14 heteroatoms. The van der Waals surface area contributed by atoms with Crippen molar-refractivity contribution in [2.24, 2.45) is 0 Å². The van der Waals surface area contributed by atoms with Crippen molar-refractivity contribution >= 4 is 31.5 Å². The lowest BCUT2D eigenvalue weighted by Gasteiger charge is -2.35. The summed E-state index contributed by atoms with van der Waals surface area (Å²) in [7, 11) is -7.75. The average Bonchev–Trinajstić information content (AvgIpc) is 2.83. The van der Waals surface area contributed by atoms with Gasteiger partial charge in [-0.15, -0.1) is 0 Å². The van der Waals surface area contributed by atoms with E-state index in [1.54, 1.807) is 11.1 Å². The van der Waals surface area contributed by atoms with Gasteiger partial charge in [0.15, 0.2) is 0 Å². The van der Waals surface area contributed by atoms with Gasteiger partial charge in [-0.2, -0.15) is 12.7 Å². The first kappa shape index (κ1) is 27.9. The van der Waals surface area contributed by atoms with E-state index in [-0.39, 0.29) is 42.5 Å². The van der Waals surface area contributed by atoms with Crippen LogP contribution in [-0.4, -0.2) is 88.1 Å². The molecular weight excluding hydrogens is 510 g/mol. The maximum Gasteiger partial charge on any atom is 0.270 e. The zero-order chi connectivity index (χ0) is 26.3. The summed E-state index contributed by atoms with van der Waals surface area (Å²) in [5.41, 5.74) is 0.826. The number of nitro benzene ring substituents is 1. The predicted molar refractivity (Wildman–Crippen MR) is 135 cm³/mol. The second-order valence-corrected chi connectivity index (χ2v) is 12.0. The Morgan fingerprint density at radius 2 is 1.81 bits per heavy atom. The number of nitrogens with zero attached hydrogens (tertiary/aromatic N) is 5. The fraction of sp³-hybridized carbons (Fsp3) is 0.500. The fourth-order valence-electron chi connectivity index (χ4n) is 3.99. The first-order valence-corrected chi connectivity index (χ1v) is 14.8. The summed E-state index contributed by atoms with van der Waals surface area (Å²) >= 11 is 0. The van der Waals surface area contributed by atoms with Crippen molar-refractivity contribution in [1.29, 1.82) is 0 Å². The largest absolute Gasteiger partial charge is 0.368 e. The quantitative estimate of drug-likeness (QED) is 0.221. The van der Waals surface area contributed by atoms with Gasteiger partial charge in [0.25, 0.3) is 15.8 Å². The van der Waals surface area contributed by atoms with Crippen LogP contribution >= 0.6 is 0 Å². The van der Waals surface area contributed by atoms with Crippen LogP contribution in [0.5, 0.6) is 0 Å². The Morgan fingerprint density at radius 3 is 2.39 bits per heavy atom. The molecule has 1 aliphatic heterocycles. The van der Waals surface area contributed by atoms with Gasteiger partial charge in [0, 0.05) is 64.1 Å². The molecule has 1 aromatic heterocycles. The molecule has 0 atom stereocenters. The third-order valence-electron chi connectivity index (χ3n) is 5.71. The van der Waals surface area contributed by atoms with E-state index >= 15 is 0 Å². The van der Waals surface area contributed by atoms with E-state index in [0.29, 0.717) is 32.6 Å². The molecule has 1 aliphatic rings. The van der Waals surface area contributed by atoms with E-state index in [9.17, 15) is 26.9 Å². The first-order valence-electron chi connectivity index (χ1n) is 11.5. The second-order valence-electron chi connectivity index (χ2n) is 8.42. The van der Waals surface area contributed by atoms with Crippen LogP contribution in [0, 0.1) is 10.1 Å². The molecule has 0 saturated carbocycles. The lowest BCUT2D eigenvalue weighted by atomic mass is 10.2. The number of nitro groups is 1. The predicted octanol–water partition coefficient (Wildman–Crippen LogP) is 1.69. The summed E-state index contributed by atoms with van der Waals surface area (Å²) < 4.78 is 56.3. The Kier molecular flexibility index (Phi) is 9.35. The van der Waals surface area contributed by atoms with E-state index in [4.69, 9.17) is 4.18 Å². The molecule has 2 heterocycles. The van der Waals surface area contributed by atoms with E-state index in [1.165, 1.54) is 16.4 Å². The highest BCUT2D eigenvalue weighted by Crippen LogP contribution is 2.32. The van der Waals surface area contributed by atoms with Crippen molar-refractivity contribution in [2.75, 3.05) is 57.0 Å². The minimum atomic E-state index is -4.08. The lowest BCUT2D eigenvalue weighted by molar-refractivity contribution is -0.385. The van der Waals surface area contributed by atoms with Crippen LogP contribution in [0.2, 0.25) is 0 Å². The zero-order valence-electron chi connectivity index (χ0n) is 20.3. The number of sulfonamides is 1. The molecule has 1 aromatic carbocycles. The van der Waals surface area contributed by atoms with Gasteiger partial charge in [-0.25, -0.2) is 8.42 Å². The second kappa shape index (κ2) is 12.1. The Bertz CT molecular complexity index is 1250. The van der Waals surface area contributed by atoms with Gasteiger partial charge in [-0.05, 0) is 24.6 Å². The number of hydrogen-bond acceptors (Lipinski definition) is 10. The van der Waals surface area contributed by atoms with Crippen molar-refractivity contribution in [3.05, 3.63) is 58.4 Å². The summed E-state index contributed by atoms with van der Waals surface area (Å²) in [5.74, 6) is 0. The Balaban J connectivity index is 1.85. The van der Waals surface area contributed by atoms with Crippen LogP contribution in [0.4, 0.5) is 11.4 Å². The molecule has 198 valence electrons. The molecule has 0 unspecified atom stereocenters. The average molecular weight is 542 g/mol. The van der Waals surface area contributed by atoms with Crippen LogP contribution in [0.25, 0.3) is 0 Å². The van der Waals surface area contributed by atoms with Gasteiger partial charge in [0.2, 0.25) is 10.0 Å². The molecule has 0 radical (unpaired) electrons. The number of anilines is 1. The van der Waals surface area contributed by atoms with Crippen LogP contribution < -0.4 is 4.90 Å². The zero-order valence-corrected chi connectivity index (χ0v) is 21.9. The normalized spacial score (nSPS) is 15.6. The molecule has 1 saturated heterocycles. The van der Waals surface area contributed by atoms with Crippen LogP contribution in [0.1, 0.15) is 19.0 Å². The third-order valence-corrected chi connectivity index (χ3v) is 8.23. The summed E-state index contributed by atoms with van der Waals surface area (Å²) in [6, 6.07) is 9.37. The van der Waals surface area contributed by atoms with Gasteiger partial charge in [-0.3, -0.25) is 24.2 Å². The molecule has 0 bridgehead atoms.